The molecule has 33 heavy (non-hydrogen) atoms. The van der Waals surface area contributed by atoms with Gasteiger partial charge in [-0.2, -0.15) is 0 Å². The summed E-state index contributed by atoms with van der Waals surface area (Å²) < 4.78 is 30.6. The highest BCUT2D eigenvalue weighted by Gasteiger charge is 2.23. The van der Waals surface area contributed by atoms with Crippen LogP contribution in [-0.2, 0) is 14.6 Å². The maximum atomic E-state index is 13.5. The smallest absolute Gasteiger partial charge is 0.260 e. The van der Waals surface area contributed by atoms with Crippen LogP contribution in [0.15, 0.2) is 47.4 Å². The zero-order valence-electron chi connectivity index (χ0n) is 18.4. The van der Waals surface area contributed by atoms with Crippen LogP contribution in [-0.4, -0.2) is 69.4 Å². The van der Waals surface area contributed by atoms with Crippen LogP contribution >= 0.6 is 22.9 Å². The Kier molecular flexibility index (Phi) is 7.65. The lowest BCUT2D eigenvalue weighted by Crippen LogP contribution is -2.39. The number of morpholine rings is 1. The number of nitrogens with zero attached hydrogens (tertiary/aromatic N) is 3. The summed E-state index contributed by atoms with van der Waals surface area (Å²) in [6.45, 7) is 6.17. The van der Waals surface area contributed by atoms with Crippen molar-refractivity contribution in [3.8, 4) is 0 Å². The van der Waals surface area contributed by atoms with Gasteiger partial charge < -0.3 is 4.74 Å². The van der Waals surface area contributed by atoms with E-state index >= 15 is 0 Å². The normalized spacial score (nSPS) is 15.1. The number of fused-ring (bicyclic) bond motifs is 1. The zero-order chi connectivity index (χ0) is 23.4. The van der Waals surface area contributed by atoms with Crippen molar-refractivity contribution >= 4 is 54.0 Å². The van der Waals surface area contributed by atoms with Crippen LogP contribution in [0, 0.1) is 0 Å². The average molecular weight is 508 g/mol. The first-order chi connectivity index (χ1) is 15.9. The van der Waals surface area contributed by atoms with E-state index in [0.717, 1.165) is 44.0 Å². The molecule has 1 amide bonds. The van der Waals surface area contributed by atoms with E-state index in [1.165, 1.54) is 23.5 Å². The molecule has 10 heteroatoms. The molecule has 1 aliphatic heterocycles. The van der Waals surface area contributed by atoms with Gasteiger partial charge in [-0.25, -0.2) is 13.4 Å². The number of hydrogen-bond acceptors (Lipinski definition) is 7. The molecule has 4 rings (SSSR count). The van der Waals surface area contributed by atoms with E-state index < -0.39 is 9.84 Å². The van der Waals surface area contributed by atoms with Crippen molar-refractivity contribution in [1.82, 2.24) is 9.88 Å². The monoisotopic (exact) mass is 507 g/mol. The third kappa shape index (κ3) is 5.55. The molecule has 0 N–H and O–H groups in total. The Labute approximate surface area is 202 Å². The SMILES string of the molecule is CCS(=O)(=O)c1ccc(C(=O)N(CCCN2CCOCC2)c2nc3c(Cl)cccc3s2)cc1. The van der Waals surface area contributed by atoms with E-state index in [-0.39, 0.29) is 16.6 Å². The van der Waals surface area contributed by atoms with Crippen LogP contribution < -0.4 is 4.90 Å². The number of sulfone groups is 1. The fourth-order valence-electron chi connectivity index (χ4n) is 3.71. The molecule has 0 unspecified atom stereocenters. The van der Waals surface area contributed by atoms with Gasteiger partial charge in [0.15, 0.2) is 15.0 Å². The van der Waals surface area contributed by atoms with Crippen LogP contribution in [0.4, 0.5) is 5.13 Å². The van der Waals surface area contributed by atoms with Crippen LogP contribution in [0.3, 0.4) is 0 Å². The molecule has 0 atom stereocenters. The first-order valence-corrected chi connectivity index (χ1v) is 13.7. The summed E-state index contributed by atoms with van der Waals surface area (Å²) in [5.74, 6) is -0.201. The summed E-state index contributed by atoms with van der Waals surface area (Å²) in [5, 5.41) is 1.13. The standard InChI is InChI=1S/C23H26ClN3O4S2/c1-2-33(29,30)18-9-7-17(8-10-18)22(28)27(12-4-11-26-13-15-31-16-14-26)23-25-21-19(24)5-3-6-20(21)32-23/h3,5-10H,2,4,11-16H2,1H3. The van der Waals surface area contributed by atoms with E-state index in [2.05, 4.69) is 9.88 Å². The van der Waals surface area contributed by atoms with E-state index in [4.69, 9.17) is 16.3 Å². The topological polar surface area (TPSA) is 79.8 Å². The molecule has 3 aromatic rings. The second kappa shape index (κ2) is 10.5. The average Bonchev–Trinajstić information content (AvgIpc) is 3.27. The Balaban J connectivity index is 1.59. The quantitative estimate of drug-likeness (QED) is 0.456. The van der Waals surface area contributed by atoms with Crippen molar-refractivity contribution in [2.75, 3.05) is 50.0 Å². The number of halogens is 1. The number of carbonyl (C=O) groups excluding carboxylic acids is 1. The second-order valence-corrected chi connectivity index (χ2v) is 11.5. The van der Waals surface area contributed by atoms with Gasteiger partial charge in [-0.3, -0.25) is 14.6 Å². The number of hydrogen-bond donors (Lipinski definition) is 0. The molecule has 2 heterocycles. The van der Waals surface area contributed by atoms with Crippen LogP contribution in [0.5, 0.6) is 0 Å². The molecular formula is C23H26ClN3O4S2. The molecule has 0 radical (unpaired) electrons. The van der Waals surface area contributed by atoms with Crippen molar-refractivity contribution < 1.29 is 17.9 Å². The Morgan fingerprint density at radius 3 is 2.58 bits per heavy atom. The lowest BCUT2D eigenvalue weighted by molar-refractivity contribution is 0.0376. The Bertz CT molecular complexity index is 1220. The molecule has 0 bridgehead atoms. The second-order valence-electron chi connectivity index (χ2n) is 7.78. The third-order valence-electron chi connectivity index (χ3n) is 5.63. The predicted molar refractivity (Wildman–Crippen MR) is 132 cm³/mol. The predicted octanol–water partition coefficient (Wildman–Crippen LogP) is 4.11. The van der Waals surface area contributed by atoms with Gasteiger partial charge in [-0.1, -0.05) is 35.9 Å². The summed E-state index contributed by atoms with van der Waals surface area (Å²) in [4.78, 5) is 22.4. The number of ether oxygens (including phenoxy) is 1. The zero-order valence-corrected chi connectivity index (χ0v) is 20.8. The Morgan fingerprint density at radius 2 is 1.91 bits per heavy atom. The molecule has 1 fully saturated rings. The molecule has 2 aromatic carbocycles. The highest BCUT2D eigenvalue weighted by molar-refractivity contribution is 7.91. The van der Waals surface area contributed by atoms with E-state index in [9.17, 15) is 13.2 Å². The minimum absolute atomic E-state index is 0.0143. The molecule has 0 aliphatic carbocycles. The van der Waals surface area contributed by atoms with Gasteiger partial charge in [0.1, 0.15) is 5.52 Å². The summed E-state index contributed by atoms with van der Waals surface area (Å²) in [7, 11) is -3.33. The summed E-state index contributed by atoms with van der Waals surface area (Å²) in [6.07, 6.45) is 0.775. The van der Waals surface area contributed by atoms with Gasteiger partial charge in [-0.05, 0) is 42.8 Å². The van der Waals surface area contributed by atoms with Crippen molar-refractivity contribution in [2.45, 2.75) is 18.2 Å². The van der Waals surface area contributed by atoms with E-state index in [0.29, 0.717) is 27.8 Å². The number of aromatic nitrogens is 1. The van der Waals surface area contributed by atoms with Crippen LogP contribution in [0.25, 0.3) is 10.2 Å². The first kappa shape index (κ1) is 24.1. The first-order valence-electron chi connectivity index (χ1n) is 10.9. The highest BCUT2D eigenvalue weighted by atomic mass is 35.5. The molecule has 0 spiro atoms. The van der Waals surface area contributed by atoms with Gasteiger partial charge in [0.05, 0.1) is 33.6 Å². The van der Waals surface area contributed by atoms with Crippen LogP contribution in [0.2, 0.25) is 5.02 Å². The number of rotatable bonds is 8. The van der Waals surface area contributed by atoms with Crippen molar-refractivity contribution in [3.05, 3.63) is 53.1 Å². The Hall–Kier alpha value is -2.04. The van der Waals surface area contributed by atoms with Crippen molar-refractivity contribution in [1.29, 1.82) is 0 Å². The minimum atomic E-state index is -3.33. The largest absolute Gasteiger partial charge is 0.379 e. The summed E-state index contributed by atoms with van der Waals surface area (Å²) in [6, 6.07) is 11.7. The summed E-state index contributed by atoms with van der Waals surface area (Å²) in [5.41, 5.74) is 1.09. The number of para-hydroxylation sites is 1. The van der Waals surface area contributed by atoms with Gasteiger partial charge in [0.2, 0.25) is 0 Å². The number of anilines is 1. The lowest BCUT2D eigenvalue weighted by Gasteiger charge is -2.27. The fraction of sp³-hybridized carbons (Fsp3) is 0.391. The number of thiazole rings is 1. The maximum absolute atomic E-state index is 13.5. The molecular weight excluding hydrogens is 482 g/mol. The van der Waals surface area contributed by atoms with Gasteiger partial charge in [0.25, 0.3) is 5.91 Å². The number of amides is 1. The molecule has 176 valence electrons. The van der Waals surface area contributed by atoms with Gasteiger partial charge in [0, 0.05) is 31.7 Å². The molecule has 0 saturated carbocycles. The summed E-state index contributed by atoms with van der Waals surface area (Å²) >= 11 is 7.74. The van der Waals surface area contributed by atoms with Crippen LogP contribution in [0.1, 0.15) is 23.7 Å². The van der Waals surface area contributed by atoms with Gasteiger partial charge in [-0.15, -0.1) is 0 Å². The number of carbonyl (C=O) groups is 1. The fourth-order valence-corrected chi connectivity index (χ4v) is 5.88. The van der Waals surface area contributed by atoms with Crippen molar-refractivity contribution in [2.24, 2.45) is 0 Å². The molecule has 7 nitrogen and oxygen atoms in total. The molecule has 1 aromatic heterocycles. The number of benzene rings is 2. The van der Waals surface area contributed by atoms with Crippen molar-refractivity contribution in [3.63, 3.8) is 0 Å². The molecule has 1 saturated heterocycles. The minimum Gasteiger partial charge on any atom is -0.379 e. The van der Waals surface area contributed by atoms with E-state index in [1.54, 1.807) is 30.0 Å². The van der Waals surface area contributed by atoms with E-state index in [1.807, 2.05) is 12.1 Å². The van der Waals surface area contributed by atoms with Gasteiger partial charge >= 0.3 is 0 Å². The maximum Gasteiger partial charge on any atom is 0.260 e. The third-order valence-corrected chi connectivity index (χ3v) is 8.73. The lowest BCUT2D eigenvalue weighted by atomic mass is 10.2. The highest BCUT2D eigenvalue weighted by Crippen LogP contribution is 2.33. The Morgan fingerprint density at radius 1 is 1.18 bits per heavy atom. The molecule has 1 aliphatic rings.